The molecule has 1 aromatic rings. The van der Waals surface area contributed by atoms with Gasteiger partial charge in [0.1, 0.15) is 0 Å². The molecule has 2 amide bonds. The Bertz CT molecular complexity index is 706. The van der Waals surface area contributed by atoms with Gasteiger partial charge < -0.3 is 15.0 Å². The third-order valence-electron chi connectivity index (χ3n) is 6.39. The highest BCUT2D eigenvalue weighted by molar-refractivity contribution is 7.14. The number of thiophene rings is 1. The summed E-state index contributed by atoms with van der Waals surface area (Å²) in [6.45, 7) is 6.83. The molecule has 0 spiro atoms. The fourth-order valence-corrected chi connectivity index (χ4v) is 5.77. The molecule has 1 unspecified atom stereocenters. The molecular weight excluding hydrogens is 386 g/mol. The van der Waals surface area contributed by atoms with Gasteiger partial charge in [0.25, 0.3) is 5.91 Å². The maximum absolute atomic E-state index is 12.9. The van der Waals surface area contributed by atoms with Crippen LogP contribution in [0.25, 0.3) is 0 Å². The second-order valence-corrected chi connectivity index (χ2v) is 9.59. The van der Waals surface area contributed by atoms with Gasteiger partial charge in [0.15, 0.2) is 0 Å². The Balaban J connectivity index is 1.29. The number of nitrogens with zero attached hydrogens (tertiary/aromatic N) is 2. The van der Waals surface area contributed by atoms with Crippen LogP contribution in [-0.4, -0.2) is 74.1 Å². The van der Waals surface area contributed by atoms with Gasteiger partial charge in [-0.25, -0.2) is 0 Å². The van der Waals surface area contributed by atoms with E-state index in [4.69, 9.17) is 4.74 Å². The van der Waals surface area contributed by atoms with Gasteiger partial charge in [-0.2, -0.15) is 0 Å². The lowest BCUT2D eigenvalue weighted by Gasteiger charge is -2.27. The average Bonchev–Trinajstić information content (AvgIpc) is 2.99. The van der Waals surface area contributed by atoms with Crippen LogP contribution in [0.5, 0.6) is 0 Å². The Morgan fingerprint density at radius 2 is 1.86 bits per heavy atom. The molecule has 2 fully saturated rings. The third kappa shape index (κ3) is 5.38. The predicted molar refractivity (Wildman–Crippen MR) is 114 cm³/mol. The number of likely N-dealkylation sites (tertiary alicyclic amines) is 1. The summed E-state index contributed by atoms with van der Waals surface area (Å²) < 4.78 is 5.36. The lowest BCUT2D eigenvalue weighted by molar-refractivity contribution is -0.125. The quantitative estimate of drug-likeness (QED) is 0.796. The van der Waals surface area contributed by atoms with Crippen molar-refractivity contribution in [1.82, 2.24) is 15.1 Å². The summed E-state index contributed by atoms with van der Waals surface area (Å²) in [5.74, 6) is 0.385. The van der Waals surface area contributed by atoms with Crippen LogP contribution in [0.4, 0.5) is 0 Å². The van der Waals surface area contributed by atoms with Crippen LogP contribution in [0.1, 0.15) is 52.2 Å². The van der Waals surface area contributed by atoms with Crippen LogP contribution < -0.4 is 5.32 Å². The molecule has 4 rings (SSSR count). The smallest absolute Gasteiger partial charge is 0.263 e. The third-order valence-corrected chi connectivity index (χ3v) is 7.61. The van der Waals surface area contributed by atoms with Crippen LogP contribution in [0.2, 0.25) is 0 Å². The van der Waals surface area contributed by atoms with Crippen LogP contribution in [0, 0.1) is 5.92 Å². The van der Waals surface area contributed by atoms with Crippen molar-refractivity contribution < 1.29 is 14.3 Å². The van der Waals surface area contributed by atoms with E-state index in [9.17, 15) is 9.59 Å². The van der Waals surface area contributed by atoms with Crippen molar-refractivity contribution in [3.05, 3.63) is 21.4 Å². The Labute approximate surface area is 177 Å². The monoisotopic (exact) mass is 419 g/mol. The summed E-state index contributed by atoms with van der Waals surface area (Å²) in [4.78, 5) is 32.1. The number of carbonyl (C=O) groups is 2. The van der Waals surface area contributed by atoms with Gasteiger partial charge in [0.2, 0.25) is 5.91 Å². The molecule has 1 aliphatic carbocycles. The van der Waals surface area contributed by atoms with E-state index in [0.29, 0.717) is 6.54 Å². The van der Waals surface area contributed by atoms with Gasteiger partial charge in [-0.1, -0.05) is 12.8 Å². The Kier molecular flexibility index (Phi) is 7.21. The lowest BCUT2D eigenvalue weighted by atomic mass is 9.87. The molecule has 0 saturated carbocycles. The van der Waals surface area contributed by atoms with Crippen molar-refractivity contribution in [2.24, 2.45) is 5.92 Å². The molecule has 7 heteroatoms. The molecule has 1 aromatic heterocycles. The molecule has 2 aliphatic heterocycles. The molecule has 1 atom stereocenters. The molecule has 0 radical (unpaired) electrons. The summed E-state index contributed by atoms with van der Waals surface area (Å²) in [6, 6.07) is 2.07. The highest BCUT2D eigenvalue weighted by atomic mass is 32.1. The maximum atomic E-state index is 12.9. The molecule has 2 saturated heterocycles. The van der Waals surface area contributed by atoms with Crippen molar-refractivity contribution in [2.75, 3.05) is 52.5 Å². The van der Waals surface area contributed by atoms with E-state index in [1.807, 2.05) is 4.90 Å². The number of hydrogen-bond donors (Lipinski definition) is 1. The van der Waals surface area contributed by atoms with E-state index >= 15 is 0 Å². The second kappa shape index (κ2) is 10.0. The molecule has 29 heavy (non-hydrogen) atoms. The first-order valence-electron chi connectivity index (χ1n) is 11.2. The normalized spacial score (nSPS) is 23.3. The summed E-state index contributed by atoms with van der Waals surface area (Å²) >= 11 is 1.65. The van der Waals surface area contributed by atoms with E-state index < -0.39 is 0 Å². The number of hydrogen-bond acceptors (Lipinski definition) is 5. The zero-order chi connectivity index (χ0) is 20.1. The van der Waals surface area contributed by atoms with Crippen LogP contribution in [-0.2, 0) is 22.4 Å². The minimum atomic E-state index is 0.0305. The zero-order valence-electron chi connectivity index (χ0n) is 17.3. The van der Waals surface area contributed by atoms with Crippen molar-refractivity contribution in [1.29, 1.82) is 0 Å². The number of ether oxygens (including phenoxy) is 1. The average molecular weight is 420 g/mol. The van der Waals surface area contributed by atoms with Crippen molar-refractivity contribution in [2.45, 2.75) is 44.9 Å². The minimum absolute atomic E-state index is 0.0305. The fourth-order valence-electron chi connectivity index (χ4n) is 4.59. The van der Waals surface area contributed by atoms with Gasteiger partial charge in [-0.15, -0.1) is 11.3 Å². The Morgan fingerprint density at radius 3 is 2.62 bits per heavy atom. The summed E-state index contributed by atoms with van der Waals surface area (Å²) in [6.07, 6.45) is 7.25. The van der Waals surface area contributed by atoms with E-state index in [0.717, 1.165) is 82.9 Å². The highest BCUT2D eigenvalue weighted by Crippen LogP contribution is 2.33. The lowest BCUT2D eigenvalue weighted by Crippen LogP contribution is -2.43. The van der Waals surface area contributed by atoms with Gasteiger partial charge >= 0.3 is 0 Å². The summed E-state index contributed by atoms with van der Waals surface area (Å²) in [5.41, 5.74) is 1.22. The minimum Gasteiger partial charge on any atom is -0.379 e. The van der Waals surface area contributed by atoms with E-state index in [1.54, 1.807) is 11.3 Å². The number of rotatable bonds is 5. The molecule has 0 aromatic carbocycles. The first-order valence-corrected chi connectivity index (χ1v) is 12.0. The molecule has 1 N–H and O–H groups in total. The first kappa shape index (κ1) is 20.8. The summed E-state index contributed by atoms with van der Waals surface area (Å²) in [7, 11) is 0. The van der Waals surface area contributed by atoms with E-state index in [-0.39, 0.29) is 17.7 Å². The molecule has 0 bridgehead atoms. The van der Waals surface area contributed by atoms with Crippen LogP contribution >= 0.6 is 11.3 Å². The molecule has 3 heterocycles. The maximum Gasteiger partial charge on any atom is 0.263 e. The SMILES string of the molecule is O=C(NCCN1CCOCC1)C1CCc2sc(C(=O)N3CCCCCC3)cc2C1. The number of carbonyl (C=O) groups excluding carboxylic acids is 2. The topological polar surface area (TPSA) is 61.9 Å². The first-order chi connectivity index (χ1) is 14.2. The van der Waals surface area contributed by atoms with Gasteiger partial charge in [-0.3, -0.25) is 14.5 Å². The highest BCUT2D eigenvalue weighted by Gasteiger charge is 2.28. The van der Waals surface area contributed by atoms with Gasteiger partial charge in [-0.05, 0) is 43.7 Å². The Morgan fingerprint density at radius 1 is 1.10 bits per heavy atom. The second-order valence-electron chi connectivity index (χ2n) is 8.45. The van der Waals surface area contributed by atoms with Gasteiger partial charge in [0.05, 0.1) is 18.1 Å². The van der Waals surface area contributed by atoms with E-state index in [2.05, 4.69) is 16.3 Å². The van der Waals surface area contributed by atoms with Crippen molar-refractivity contribution in [3.63, 3.8) is 0 Å². The molecule has 6 nitrogen and oxygen atoms in total. The Hall–Kier alpha value is -1.44. The number of fused-ring (bicyclic) bond motifs is 1. The number of nitrogens with one attached hydrogen (secondary N) is 1. The number of morpholine rings is 1. The van der Waals surface area contributed by atoms with E-state index in [1.165, 1.54) is 23.3 Å². The standard InChI is InChI=1S/C22H33N3O3S/c26-21(23-7-10-24-11-13-28-14-12-24)17-5-6-19-18(15-17)16-20(29-19)22(27)25-8-3-1-2-4-9-25/h16-17H,1-15H2,(H,23,26). The predicted octanol–water partition coefficient (Wildman–Crippen LogP) is 2.32. The summed E-state index contributed by atoms with van der Waals surface area (Å²) in [5, 5.41) is 3.13. The number of amides is 2. The fraction of sp³-hybridized carbons (Fsp3) is 0.727. The van der Waals surface area contributed by atoms with Crippen molar-refractivity contribution >= 4 is 23.2 Å². The molecule has 160 valence electrons. The molecule has 3 aliphatic rings. The van der Waals surface area contributed by atoms with Gasteiger partial charge in [0, 0.05) is 50.1 Å². The molecular formula is C22H33N3O3S. The van der Waals surface area contributed by atoms with Crippen LogP contribution in [0.3, 0.4) is 0 Å². The van der Waals surface area contributed by atoms with Crippen molar-refractivity contribution in [3.8, 4) is 0 Å². The number of aryl methyl sites for hydroxylation is 1. The van der Waals surface area contributed by atoms with Crippen LogP contribution in [0.15, 0.2) is 6.07 Å². The zero-order valence-corrected chi connectivity index (χ0v) is 18.1. The largest absolute Gasteiger partial charge is 0.379 e.